The van der Waals surface area contributed by atoms with E-state index in [1.54, 1.807) is 36.4 Å². The molecule has 0 fully saturated rings. The van der Waals surface area contributed by atoms with E-state index in [1.807, 2.05) is 0 Å². The molecule has 3 aromatic rings. The standard InChI is InChI=1S/C36H7F7N8O2/c37-34-32-22(30(20(10-46)11-47)28(24(32)14-50)16-1-3-26(18(5-16)8-44)52-35(38,39)40)7-23-31(21(12-48)13-49)29(25(15-51)33(23)34)17-2-4-27(19(6-17)9-45)53-36(41,42)43/h1-7H. The highest BCUT2D eigenvalue weighted by atomic mass is 19.4. The maximum atomic E-state index is 17.1. The Balaban J connectivity index is 1.90. The molecule has 0 atom stereocenters. The van der Waals surface area contributed by atoms with Crippen LogP contribution in [0, 0.1) is 96.5 Å². The minimum absolute atomic E-state index is 0.242. The van der Waals surface area contributed by atoms with Gasteiger partial charge in [-0.3, -0.25) is 0 Å². The highest BCUT2D eigenvalue weighted by Gasteiger charge is 2.41. The van der Waals surface area contributed by atoms with Crippen molar-refractivity contribution in [2.75, 3.05) is 0 Å². The third kappa shape index (κ3) is 6.07. The van der Waals surface area contributed by atoms with Crippen LogP contribution in [-0.2, 0) is 0 Å². The fourth-order valence-corrected chi connectivity index (χ4v) is 5.87. The lowest BCUT2D eigenvalue weighted by molar-refractivity contribution is -0.275. The summed E-state index contributed by atoms with van der Waals surface area (Å²) in [5, 5.41) is 79.5. The van der Waals surface area contributed by atoms with Gasteiger partial charge in [-0.1, -0.05) is 12.1 Å². The maximum absolute atomic E-state index is 17.1. The molecule has 252 valence electrons. The van der Waals surface area contributed by atoms with Gasteiger partial charge in [-0.25, -0.2) is 4.39 Å². The third-order valence-electron chi connectivity index (χ3n) is 7.70. The molecule has 0 heterocycles. The molecular formula is C36H7F7N8O2. The molecule has 0 bridgehead atoms. The Kier molecular flexibility index (Phi) is 8.93. The number of benzene rings is 3. The Hall–Kier alpha value is -8.35. The van der Waals surface area contributed by atoms with Crippen molar-refractivity contribution in [3.63, 3.8) is 0 Å². The Bertz CT molecular complexity index is 2480. The van der Waals surface area contributed by atoms with E-state index in [0.29, 0.717) is 0 Å². The van der Waals surface area contributed by atoms with Gasteiger partial charge >= 0.3 is 12.7 Å². The number of nitriles is 8. The van der Waals surface area contributed by atoms with Crippen LogP contribution in [0.15, 0.2) is 53.6 Å². The summed E-state index contributed by atoms with van der Waals surface area (Å²) in [4.78, 5) is 0. The van der Waals surface area contributed by atoms with E-state index in [4.69, 9.17) is 0 Å². The molecule has 53 heavy (non-hydrogen) atoms. The molecule has 0 radical (unpaired) electrons. The first kappa shape index (κ1) is 35.9. The predicted molar refractivity (Wildman–Crippen MR) is 163 cm³/mol. The summed E-state index contributed by atoms with van der Waals surface area (Å²) in [7, 11) is 0. The zero-order valence-electron chi connectivity index (χ0n) is 25.6. The van der Waals surface area contributed by atoms with E-state index in [-0.39, 0.29) is 33.4 Å². The largest absolute Gasteiger partial charge is 0.573 e. The van der Waals surface area contributed by atoms with Crippen LogP contribution in [-0.4, -0.2) is 12.7 Å². The second-order valence-corrected chi connectivity index (χ2v) is 10.4. The molecule has 2 aliphatic rings. The molecule has 0 unspecified atom stereocenters. The number of hydrogen-bond acceptors (Lipinski definition) is 10. The van der Waals surface area contributed by atoms with E-state index in [9.17, 15) is 68.4 Å². The third-order valence-corrected chi connectivity index (χ3v) is 7.70. The minimum Gasteiger partial charge on any atom is -0.404 e. The number of hydrogen-bond donors (Lipinski definition) is 0. The molecule has 3 aromatic carbocycles. The molecule has 0 N–H and O–H groups in total. The first-order valence-electron chi connectivity index (χ1n) is 14.0. The van der Waals surface area contributed by atoms with Gasteiger partial charge in [0.2, 0.25) is 0 Å². The molecule has 0 aliphatic heterocycles. The van der Waals surface area contributed by atoms with Gasteiger partial charge in [-0.05, 0) is 52.6 Å². The Labute approximate surface area is 292 Å². The maximum Gasteiger partial charge on any atom is 0.573 e. The summed E-state index contributed by atoms with van der Waals surface area (Å²) >= 11 is 0. The summed E-state index contributed by atoms with van der Waals surface area (Å²) < 4.78 is 103. The van der Waals surface area contributed by atoms with Crippen molar-refractivity contribution in [1.29, 1.82) is 42.1 Å². The van der Waals surface area contributed by atoms with Gasteiger partial charge in [-0.15, -0.1) is 26.3 Å². The monoisotopic (exact) mass is 716 g/mol. The van der Waals surface area contributed by atoms with Crippen molar-refractivity contribution in [3.05, 3.63) is 104 Å². The lowest BCUT2D eigenvalue weighted by Gasteiger charge is -2.14. The van der Waals surface area contributed by atoms with Gasteiger partial charge in [0.15, 0.2) is 0 Å². The second kappa shape index (κ2) is 13.2. The number of allylic oxidation sites excluding steroid dienone is 8. The minimum atomic E-state index is -5.21. The smallest absolute Gasteiger partial charge is 0.404 e. The van der Waals surface area contributed by atoms with Crippen LogP contribution in [0.25, 0.3) is 33.4 Å². The van der Waals surface area contributed by atoms with Gasteiger partial charge < -0.3 is 9.47 Å². The van der Waals surface area contributed by atoms with Crippen molar-refractivity contribution >= 4 is 33.4 Å². The van der Waals surface area contributed by atoms with Crippen LogP contribution in [0.1, 0.15) is 44.5 Å². The Morgan fingerprint density at radius 1 is 0.509 bits per heavy atom. The van der Waals surface area contributed by atoms with E-state index in [0.717, 1.165) is 42.5 Å². The van der Waals surface area contributed by atoms with E-state index < -0.39 is 85.7 Å². The fourth-order valence-electron chi connectivity index (χ4n) is 5.87. The van der Waals surface area contributed by atoms with E-state index >= 15 is 4.39 Å². The topological polar surface area (TPSA) is 209 Å². The van der Waals surface area contributed by atoms with Crippen molar-refractivity contribution in [3.8, 4) is 60.1 Å². The van der Waals surface area contributed by atoms with Crippen molar-refractivity contribution in [1.82, 2.24) is 0 Å². The van der Waals surface area contributed by atoms with Gasteiger partial charge in [0.25, 0.3) is 0 Å². The van der Waals surface area contributed by atoms with E-state index in [2.05, 4.69) is 9.47 Å². The molecule has 10 nitrogen and oxygen atoms in total. The van der Waals surface area contributed by atoms with E-state index in [1.165, 1.54) is 12.1 Å². The molecule has 0 amide bonds. The summed E-state index contributed by atoms with van der Waals surface area (Å²) in [5.41, 5.74) is -8.28. The first-order valence-corrected chi connectivity index (χ1v) is 14.0. The van der Waals surface area contributed by atoms with Gasteiger partial charge in [0.05, 0.1) is 22.3 Å². The number of rotatable bonds is 4. The number of fused-ring (bicyclic) bond motifs is 2. The summed E-state index contributed by atoms with van der Waals surface area (Å²) in [5.74, 6) is -3.26. The van der Waals surface area contributed by atoms with Gasteiger partial charge in [0.1, 0.15) is 77.0 Å². The molecule has 0 saturated carbocycles. The number of ether oxygens (including phenoxy) is 2. The Morgan fingerprint density at radius 2 is 0.868 bits per heavy atom. The van der Waals surface area contributed by atoms with Crippen molar-refractivity contribution < 1.29 is 40.2 Å². The van der Waals surface area contributed by atoms with Crippen molar-refractivity contribution in [2.45, 2.75) is 12.7 Å². The summed E-state index contributed by atoms with van der Waals surface area (Å²) in [6.45, 7) is 0. The second-order valence-electron chi connectivity index (χ2n) is 10.4. The first-order chi connectivity index (χ1) is 25.1. The normalized spacial score (nSPS) is 12.8. The van der Waals surface area contributed by atoms with Gasteiger partial charge in [-0.2, -0.15) is 42.1 Å². The SMILES string of the molecule is N#CC(C#N)=C1C(c2ccc(OC(F)(F)F)c(C#N)c2)=C(C#N)c2c1cc1c(c2F)C(C#N)=C(c2ccc(OC(F)(F)F)c(C#N)c2)C1=C(C#N)C#N. The van der Waals surface area contributed by atoms with Crippen LogP contribution >= 0.6 is 0 Å². The average Bonchev–Trinajstić information content (AvgIpc) is 3.62. The summed E-state index contributed by atoms with van der Waals surface area (Å²) in [6.07, 6.45) is -10.4. The highest BCUT2D eigenvalue weighted by molar-refractivity contribution is 6.30. The highest BCUT2D eigenvalue weighted by Crippen LogP contribution is 2.56. The van der Waals surface area contributed by atoms with Crippen LogP contribution in [0.2, 0.25) is 0 Å². The average molecular weight is 716 g/mol. The molecule has 0 spiro atoms. The molecule has 17 heteroatoms. The molecule has 0 saturated heterocycles. The zero-order chi connectivity index (χ0) is 39.0. The molecule has 0 aromatic heterocycles. The molecular weight excluding hydrogens is 709 g/mol. The predicted octanol–water partition coefficient (Wildman–Crippen LogP) is 7.86. The van der Waals surface area contributed by atoms with Crippen LogP contribution in [0.5, 0.6) is 11.5 Å². The lowest BCUT2D eigenvalue weighted by Crippen LogP contribution is -2.17. The van der Waals surface area contributed by atoms with Crippen LogP contribution < -0.4 is 9.47 Å². The number of nitrogens with zero attached hydrogens (tertiary/aromatic N) is 8. The zero-order valence-corrected chi connectivity index (χ0v) is 25.6. The quantitative estimate of drug-likeness (QED) is 0.188. The summed E-state index contributed by atoms with van der Waals surface area (Å²) in [6, 6.07) is 18.9. The van der Waals surface area contributed by atoms with Crippen LogP contribution in [0.3, 0.4) is 0 Å². The number of halogens is 7. The van der Waals surface area contributed by atoms with Gasteiger partial charge in [0, 0.05) is 33.4 Å². The molecule has 2 aliphatic carbocycles. The fraction of sp³-hybridized carbons (Fsp3) is 0.0556. The van der Waals surface area contributed by atoms with Crippen molar-refractivity contribution in [2.24, 2.45) is 0 Å². The molecule has 5 rings (SSSR count). The van der Waals surface area contributed by atoms with Crippen LogP contribution in [0.4, 0.5) is 30.7 Å². The lowest BCUT2D eigenvalue weighted by atomic mass is 9.88. The Morgan fingerprint density at radius 3 is 1.15 bits per heavy atom. The number of alkyl halides is 6.